The van der Waals surface area contributed by atoms with E-state index in [9.17, 15) is 26.8 Å². The highest BCUT2D eigenvalue weighted by Gasteiger charge is 2.17. The van der Waals surface area contributed by atoms with E-state index in [1.807, 2.05) is 0 Å². The molecule has 0 aliphatic carbocycles. The van der Waals surface area contributed by atoms with Gasteiger partial charge in [-0.15, -0.1) is 0 Å². The van der Waals surface area contributed by atoms with Gasteiger partial charge in [-0.05, 0) is 60.7 Å². The van der Waals surface area contributed by atoms with Crippen LogP contribution in [0.15, 0.2) is 76.6 Å². The number of fused-ring (bicyclic) bond motifs is 1. The zero-order valence-electron chi connectivity index (χ0n) is 18.1. The Morgan fingerprint density at radius 3 is 2.37 bits per heavy atom. The number of methoxy groups -OCH3 is 1. The van der Waals surface area contributed by atoms with Gasteiger partial charge in [0.1, 0.15) is 18.2 Å². The molecule has 0 spiro atoms. The van der Waals surface area contributed by atoms with Crippen LogP contribution >= 0.6 is 11.3 Å². The lowest BCUT2D eigenvalue weighted by Crippen LogP contribution is -2.22. The molecular weight excluding hydrogens is 500 g/mol. The maximum Gasteiger partial charge on any atom is 0.325 e. The van der Waals surface area contributed by atoms with Gasteiger partial charge in [-0.3, -0.25) is 14.3 Å². The van der Waals surface area contributed by atoms with E-state index in [0.717, 1.165) is 35.6 Å². The summed E-state index contributed by atoms with van der Waals surface area (Å²) < 4.78 is 61.2. The number of nitrogens with one attached hydrogen (secondary N) is 1. The Balaban J connectivity index is 1.63. The number of para-hydroxylation sites is 1. The van der Waals surface area contributed by atoms with Gasteiger partial charge >= 0.3 is 5.97 Å². The molecule has 12 heteroatoms. The number of carbonyl (C=O) groups excluding carboxylic acids is 2. The highest BCUT2D eigenvalue weighted by atomic mass is 32.2. The van der Waals surface area contributed by atoms with Crippen LogP contribution < -0.4 is 9.52 Å². The third-order valence-electron chi connectivity index (χ3n) is 4.87. The zero-order chi connectivity index (χ0) is 25.2. The standard InChI is InChI=1S/C23H17F2N3O5S2/c1-33-20(29)13-28-21-18(25)3-2-4-19(21)34-23(28)26-22(30)14-5-9-16(10-6-14)27-35(31,32)17-11-7-15(24)8-12-17/h2-12,27H,13H2,1H3. The minimum atomic E-state index is -3.96. The number of carbonyl (C=O) groups is 2. The number of sulfonamides is 1. The molecule has 0 unspecified atom stereocenters. The van der Waals surface area contributed by atoms with Gasteiger partial charge in [0.15, 0.2) is 4.80 Å². The quantitative estimate of drug-likeness (QED) is 0.393. The van der Waals surface area contributed by atoms with Crippen LogP contribution in [-0.4, -0.2) is 32.0 Å². The van der Waals surface area contributed by atoms with Gasteiger partial charge in [-0.2, -0.15) is 4.99 Å². The Morgan fingerprint density at radius 1 is 1.03 bits per heavy atom. The number of rotatable bonds is 6. The van der Waals surface area contributed by atoms with Crippen molar-refractivity contribution in [3.05, 3.63) is 88.7 Å². The van der Waals surface area contributed by atoms with E-state index in [2.05, 4.69) is 14.5 Å². The number of esters is 1. The first-order valence-corrected chi connectivity index (χ1v) is 12.3. The molecule has 1 amide bonds. The van der Waals surface area contributed by atoms with Crippen LogP contribution in [0.3, 0.4) is 0 Å². The Morgan fingerprint density at radius 2 is 1.71 bits per heavy atom. The van der Waals surface area contributed by atoms with E-state index in [1.165, 1.54) is 48.1 Å². The van der Waals surface area contributed by atoms with Gasteiger partial charge in [0.05, 0.1) is 22.2 Å². The Bertz CT molecular complexity index is 1590. The number of nitrogens with zero attached hydrogens (tertiary/aromatic N) is 2. The van der Waals surface area contributed by atoms with Gasteiger partial charge in [0.25, 0.3) is 15.9 Å². The molecule has 0 bridgehead atoms. The summed E-state index contributed by atoms with van der Waals surface area (Å²) >= 11 is 1.03. The molecule has 0 saturated heterocycles. The molecule has 0 fully saturated rings. The van der Waals surface area contributed by atoms with Crippen LogP contribution in [0.25, 0.3) is 10.2 Å². The molecule has 0 aliphatic rings. The maximum absolute atomic E-state index is 14.4. The van der Waals surface area contributed by atoms with E-state index in [1.54, 1.807) is 6.07 Å². The molecule has 0 aliphatic heterocycles. The molecule has 35 heavy (non-hydrogen) atoms. The molecule has 1 N–H and O–H groups in total. The van der Waals surface area contributed by atoms with E-state index < -0.39 is 33.5 Å². The second-order valence-corrected chi connectivity index (χ2v) is 9.88. The summed E-state index contributed by atoms with van der Waals surface area (Å²) in [6, 6.07) is 14.2. The van der Waals surface area contributed by atoms with Crippen molar-refractivity contribution < 1.29 is 31.5 Å². The molecule has 1 aromatic heterocycles. The molecule has 0 saturated carbocycles. The van der Waals surface area contributed by atoms with Crippen LogP contribution in [0, 0.1) is 11.6 Å². The first kappa shape index (κ1) is 24.2. The minimum Gasteiger partial charge on any atom is -0.468 e. The van der Waals surface area contributed by atoms with Crippen LogP contribution in [-0.2, 0) is 26.1 Å². The van der Waals surface area contributed by atoms with E-state index >= 15 is 0 Å². The zero-order valence-corrected chi connectivity index (χ0v) is 19.7. The van der Waals surface area contributed by atoms with E-state index in [0.29, 0.717) is 4.70 Å². The predicted molar refractivity (Wildman–Crippen MR) is 125 cm³/mol. The van der Waals surface area contributed by atoms with E-state index in [4.69, 9.17) is 0 Å². The molecule has 1 heterocycles. The molecular formula is C23H17F2N3O5S2. The second kappa shape index (κ2) is 9.76. The van der Waals surface area contributed by atoms with E-state index in [-0.39, 0.29) is 33.0 Å². The number of ether oxygens (including phenoxy) is 1. The summed E-state index contributed by atoms with van der Waals surface area (Å²) in [6.45, 7) is -0.340. The van der Waals surface area contributed by atoms with Crippen molar-refractivity contribution in [3.8, 4) is 0 Å². The SMILES string of the molecule is COC(=O)Cn1c(=NC(=O)c2ccc(NS(=O)(=O)c3ccc(F)cc3)cc2)sc2cccc(F)c21. The summed E-state index contributed by atoms with van der Waals surface area (Å²) in [5.74, 6) is -2.46. The average Bonchev–Trinajstić information content (AvgIpc) is 3.17. The summed E-state index contributed by atoms with van der Waals surface area (Å²) in [7, 11) is -2.76. The van der Waals surface area contributed by atoms with Gasteiger partial charge in [-0.25, -0.2) is 17.2 Å². The molecule has 8 nitrogen and oxygen atoms in total. The highest BCUT2D eigenvalue weighted by molar-refractivity contribution is 7.92. The number of hydrogen-bond acceptors (Lipinski definition) is 6. The smallest absolute Gasteiger partial charge is 0.325 e. The molecule has 3 aromatic carbocycles. The summed E-state index contributed by atoms with van der Waals surface area (Å²) in [5.41, 5.74) is 0.438. The van der Waals surface area contributed by atoms with Crippen molar-refractivity contribution in [2.45, 2.75) is 11.4 Å². The third kappa shape index (κ3) is 5.28. The van der Waals surface area contributed by atoms with Crippen LogP contribution in [0.4, 0.5) is 14.5 Å². The Labute approximate surface area is 202 Å². The lowest BCUT2D eigenvalue weighted by molar-refractivity contribution is -0.141. The number of aromatic nitrogens is 1. The highest BCUT2D eigenvalue weighted by Crippen LogP contribution is 2.21. The summed E-state index contributed by atoms with van der Waals surface area (Å²) in [5, 5.41) is 0. The Hall–Kier alpha value is -3.90. The number of amides is 1. The monoisotopic (exact) mass is 517 g/mol. The molecule has 4 aromatic rings. The minimum absolute atomic E-state index is 0.0987. The van der Waals surface area contributed by atoms with Gasteiger partial charge in [0.2, 0.25) is 0 Å². The van der Waals surface area contributed by atoms with Gasteiger partial charge < -0.3 is 9.30 Å². The first-order valence-electron chi connectivity index (χ1n) is 10.00. The lowest BCUT2D eigenvalue weighted by Gasteiger charge is -2.08. The Kier molecular flexibility index (Phi) is 6.76. The van der Waals surface area contributed by atoms with Crippen molar-refractivity contribution in [1.29, 1.82) is 0 Å². The number of benzene rings is 3. The number of halogens is 2. The fourth-order valence-electron chi connectivity index (χ4n) is 3.17. The summed E-state index contributed by atoms with van der Waals surface area (Å²) in [4.78, 5) is 28.7. The van der Waals surface area contributed by atoms with Crippen molar-refractivity contribution in [2.24, 2.45) is 4.99 Å². The average molecular weight is 518 g/mol. The maximum atomic E-state index is 14.4. The first-order chi connectivity index (χ1) is 16.7. The molecule has 0 radical (unpaired) electrons. The van der Waals surface area contributed by atoms with Crippen molar-refractivity contribution >= 4 is 49.1 Å². The van der Waals surface area contributed by atoms with Crippen LogP contribution in [0.1, 0.15) is 10.4 Å². The van der Waals surface area contributed by atoms with Crippen LogP contribution in [0.2, 0.25) is 0 Å². The number of thiazole rings is 1. The normalized spacial score (nSPS) is 12.0. The molecule has 180 valence electrons. The lowest BCUT2D eigenvalue weighted by atomic mass is 10.2. The van der Waals surface area contributed by atoms with Gasteiger partial charge in [0, 0.05) is 11.3 Å². The van der Waals surface area contributed by atoms with Crippen molar-refractivity contribution in [2.75, 3.05) is 11.8 Å². The fourth-order valence-corrected chi connectivity index (χ4v) is 5.27. The van der Waals surface area contributed by atoms with Gasteiger partial charge in [-0.1, -0.05) is 17.4 Å². The molecule has 4 rings (SSSR count). The fraction of sp³-hybridized carbons (Fsp3) is 0.0870. The summed E-state index contributed by atoms with van der Waals surface area (Å²) in [6.07, 6.45) is 0. The number of anilines is 1. The topological polar surface area (TPSA) is 107 Å². The second-order valence-electron chi connectivity index (χ2n) is 7.19. The third-order valence-corrected chi connectivity index (χ3v) is 7.31. The predicted octanol–water partition coefficient (Wildman–Crippen LogP) is 3.70. The number of hydrogen-bond donors (Lipinski definition) is 1. The van der Waals surface area contributed by atoms with Crippen LogP contribution in [0.5, 0.6) is 0 Å². The van der Waals surface area contributed by atoms with Crippen molar-refractivity contribution in [3.63, 3.8) is 0 Å². The largest absolute Gasteiger partial charge is 0.468 e. The molecule has 0 atom stereocenters. The van der Waals surface area contributed by atoms with Crippen molar-refractivity contribution in [1.82, 2.24) is 4.57 Å².